The Morgan fingerprint density at radius 1 is 1.44 bits per heavy atom. The molecule has 2 N–H and O–H groups in total. The zero-order valence-electron chi connectivity index (χ0n) is 14.1. The first-order valence-electron chi connectivity index (χ1n) is 7.70. The molecule has 1 fully saturated rings. The maximum Gasteiger partial charge on any atom is 0.250 e. The highest BCUT2D eigenvalue weighted by atomic mass is 35.5. The Kier molecular flexibility index (Phi) is 7.00. The van der Waals surface area contributed by atoms with Crippen molar-refractivity contribution in [2.75, 3.05) is 26.8 Å². The van der Waals surface area contributed by atoms with Gasteiger partial charge in [0.2, 0.25) is 10.0 Å². The van der Waals surface area contributed by atoms with Crippen molar-refractivity contribution in [1.82, 2.24) is 15.0 Å². The van der Waals surface area contributed by atoms with Crippen LogP contribution in [0.4, 0.5) is 0 Å². The summed E-state index contributed by atoms with van der Waals surface area (Å²) >= 11 is 2.80. The normalized spacial score (nSPS) is 20.6. The summed E-state index contributed by atoms with van der Waals surface area (Å²) in [6.07, 6.45) is 1.93. The number of aryl methyl sites for hydroxylation is 1. The van der Waals surface area contributed by atoms with Crippen LogP contribution in [0.5, 0.6) is 0 Å². The van der Waals surface area contributed by atoms with Crippen molar-refractivity contribution < 1.29 is 13.2 Å². The molecule has 0 bridgehead atoms. The lowest BCUT2D eigenvalue weighted by Crippen LogP contribution is -2.52. The third-order valence-electron chi connectivity index (χ3n) is 4.07. The molecule has 1 aliphatic heterocycles. The van der Waals surface area contributed by atoms with Crippen LogP contribution in [0.3, 0.4) is 0 Å². The molecule has 10 heteroatoms. The molecule has 0 radical (unpaired) electrons. The van der Waals surface area contributed by atoms with E-state index in [4.69, 9.17) is 4.74 Å². The average molecular weight is 424 g/mol. The van der Waals surface area contributed by atoms with Gasteiger partial charge in [-0.1, -0.05) is 0 Å². The molecule has 3 heterocycles. The predicted molar refractivity (Wildman–Crippen MR) is 104 cm³/mol. The molecule has 140 valence electrons. The number of thiophene rings is 1. The monoisotopic (exact) mass is 423 g/mol. The number of thiazole rings is 1. The first-order valence-corrected chi connectivity index (χ1v) is 10.9. The van der Waals surface area contributed by atoms with E-state index in [0.717, 1.165) is 35.0 Å². The van der Waals surface area contributed by atoms with Gasteiger partial charge in [-0.25, -0.2) is 18.1 Å². The van der Waals surface area contributed by atoms with Crippen molar-refractivity contribution in [3.05, 3.63) is 22.5 Å². The Morgan fingerprint density at radius 3 is 2.84 bits per heavy atom. The lowest BCUT2D eigenvalue weighted by Gasteiger charge is -2.28. The molecule has 1 atom stereocenters. The number of hydrogen-bond donors (Lipinski definition) is 2. The maximum absolute atomic E-state index is 12.6. The summed E-state index contributed by atoms with van der Waals surface area (Å²) in [4.78, 5) is 5.27. The van der Waals surface area contributed by atoms with Crippen LogP contribution in [0.25, 0.3) is 10.6 Å². The molecule has 0 amide bonds. The van der Waals surface area contributed by atoms with Gasteiger partial charge in [0.25, 0.3) is 0 Å². The molecule has 25 heavy (non-hydrogen) atoms. The van der Waals surface area contributed by atoms with E-state index in [1.165, 1.54) is 11.3 Å². The van der Waals surface area contributed by atoms with Crippen LogP contribution in [0.1, 0.15) is 17.8 Å². The second kappa shape index (κ2) is 8.43. The smallest absolute Gasteiger partial charge is 0.250 e. The van der Waals surface area contributed by atoms with Crippen molar-refractivity contribution in [3.8, 4) is 10.6 Å². The molecule has 3 rings (SSSR count). The lowest BCUT2D eigenvalue weighted by molar-refractivity contribution is 0.122. The molecule has 0 aliphatic carbocycles. The highest BCUT2D eigenvalue weighted by Crippen LogP contribution is 2.31. The fourth-order valence-corrected chi connectivity index (χ4v) is 5.98. The zero-order valence-corrected chi connectivity index (χ0v) is 17.3. The second-order valence-corrected chi connectivity index (χ2v) is 10.1. The number of aromatic nitrogens is 1. The number of methoxy groups -OCH3 is 1. The minimum atomic E-state index is -3.54. The van der Waals surface area contributed by atoms with Crippen LogP contribution in [0.2, 0.25) is 0 Å². The summed E-state index contributed by atoms with van der Waals surface area (Å²) in [6, 6.07) is 3.45. The highest BCUT2D eigenvalue weighted by Gasteiger charge is 2.35. The highest BCUT2D eigenvalue weighted by molar-refractivity contribution is 7.91. The SMILES string of the molecule is COCC1(CNS(=O)(=O)c2ccc(-c3csc(C)n3)s2)CCCN1.Cl. The van der Waals surface area contributed by atoms with Gasteiger partial charge in [-0.15, -0.1) is 35.1 Å². The van der Waals surface area contributed by atoms with E-state index in [1.54, 1.807) is 24.5 Å². The Hall–Kier alpha value is -0.550. The predicted octanol–water partition coefficient (Wildman–Crippen LogP) is 2.65. The standard InChI is InChI=1S/C15H21N3O3S3.ClH/c1-11-18-12(8-22-11)13-4-5-14(23-13)24(19,20)17-9-15(10-21-2)6-3-7-16-15;/h4-5,8,16-17H,3,6-7,9-10H2,1-2H3;1H. The Balaban J connectivity index is 0.00000225. The number of ether oxygens (including phenoxy) is 1. The van der Waals surface area contributed by atoms with Crippen LogP contribution in [0.15, 0.2) is 21.7 Å². The number of rotatable bonds is 7. The number of nitrogens with one attached hydrogen (secondary N) is 2. The van der Waals surface area contributed by atoms with Crippen LogP contribution in [-0.2, 0) is 14.8 Å². The first kappa shape index (κ1) is 20.8. The van der Waals surface area contributed by atoms with Crippen LogP contribution >= 0.6 is 35.1 Å². The average Bonchev–Trinajstić information content (AvgIpc) is 3.26. The van der Waals surface area contributed by atoms with E-state index in [-0.39, 0.29) is 17.9 Å². The molecule has 0 spiro atoms. The van der Waals surface area contributed by atoms with Gasteiger partial charge in [0.05, 0.1) is 27.7 Å². The van der Waals surface area contributed by atoms with E-state index in [1.807, 2.05) is 18.4 Å². The van der Waals surface area contributed by atoms with Crippen LogP contribution in [0, 0.1) is 6.92 Å². The fraction of sp³-hybridized carbons (Fsp3) is 0.533. The summed E-state index contributed by atoms with van der Waals surface area (Å²) < 4.78 is 33.5. The van der Waals surface area contributed by atoms with Crippen molar-refractivity contribution >= 4 is 45.1 Å². The van der Waals surface area contributed by atoms with Crippen molar-refractivity contribution in [2.24, 2.45) is 0 Å². The number of halogens is 1. The fourth-order valence-electron chi connectivity index (χ4n) is 2.85. The number of nitrogens with zero attached hydrogens (tertiary/aromatic N) is 1. The molecule has 6 nitrogen and oxygen atoms in total. The Labute approximate surface area is 162 Å². The third kappa shape index (κ3) is 4.79. The van der Waals surface area contributed by atoms with Crippen molar-refractivity contribution in [2.45, 2.75) is 29.5 Å². The Morgan fingerprint density at radius 2 is 2.24 bits per heavy atom. The molecule has 0 saturated carbocycles. The van der Waals surface area contributed by atoms with Gasteiger partial charge in [-0.2, -0.15) is 0 Å². The molecule has 2 aromatic heterocycles. The zero-order chi connectivity index (χ0) is 17.2. The molecule has 2 aromatic rings. The number of sulfonamides is 1. The molecule has 1 aliphatic rings. The minimum Gasteiger partial charge on any atom is -0.383 e. The quantitative estimate of drug-likeness (QED) is 0.715. The van der Waals surface area contributed by atoms with Crippen LogP contribution < -0.4 is 10.0 Å². The van der Waals surface area contributed by atoms with Crippen molar-refractivity contribution in [1.29, 1.82) is 0 Å². The van der Waals surface area contributed by atoms with Crippen LogP contribution in [-0.4, -0.2) is 45.7 Å². The summed E-state index contributed by atoms with van der Waals surface area (Å²) in [5, 5.41) is 6.28. The van der Waals surface area contributed by atoms with E-state index >= 15 is 0 Å². The second-order valence-electron chi connectivity index (χ2n) is 5.94. The van der Waals surface area contributed by atoms with E-state index < -0.39 is 10.0 Å². The van der Waals surface area contributed by atoms with Crippen molar-refractivity contribution in [3.63, 3.8) is 0 Å². The van der Waals surface area contributed by atoms with Gasteiger partial charge < -0.3 is 10.1 Å². The van der Waals surface area contributed by atoms with Gasteiger partial charge >= 0.3 is 0 Å². The molecule has 1 unspecified atom stereocenters. The number of hydrogen-bond acceptors (Lipinski definition) is 7. The third-order valence-corrected chi connectivity index (χ3v) is 7.85. The summed E-state index contributed by atoms with van der Waals surface area (Å²) in [5.41, 5.74) is 0.519. The van der Waals surface area contributed by atoms with Gasteiger partial charge in [0.1, 0.15) is 4.21 Å². The minimum absolute atomic E-state index is 0. The molecular weight excluding hydrogens is 402 g/mol. The summed E-state index contributed by atoms with van der Waals surface area (Å²) in [5.74, 6) is 0. The first-order chi connectivity index (χ1) is 11.4. The van der Waals surface area contributed by atoms with Gasteiger partial charge in [-0.3, -0.25) is 0 Å². The van der Waals surface area contributed by atoms with Gasteiger partial charge in [0.15, 0.2) is 0 Å². The Bertz CT molecular complexity index is 798. The summed E-state index contributed by atoms with van der Waals surface area (Å²) in [6.45, 7) is 3.64. The summed E-state index contributed by atoms with van der Waals surface area (Å²) in [7, 11) is -1.90. The van der Waals surface area contributed by atoms with E-state index in [2.05, 4.69) is 15.0 Å². The molecule has 1 saturated heterocycles. The van der Waals surface area contributed by atoms with E-state index in [9.17, 15) is 8.42 Å². The maximum atomic E-state index is 12.6. The van der Waals surface area contributed by atoms with Gasteiger partial charge in [0, 0.05) is 19.0 Å². The largest absolute Gasteiger partial charge is 0.383 e. The lowest BCUT2D eigenvalue weighted by atomic mass is 9.99. The molecule has 0 aromatic carbocycles. The van der Waals surface area contributed by atoms with E-state index in [0.29, 0.717) is 17.4 Å². The topological polar surface area (TPSA) is 80.3 Å². The van der Waals surface area contributed by atoms with Gasteiger partial charge in [-0.05, 0) is 38.4 Å². The molecular formula is C15H22ClN3O3S3.